The standard InChI is InChI=1S/C17H9ClF2/c18-14-9-7-13(8-10-14)16-15(17(16,19)20)11-6-12-4-2-1-3-5-12/h1-5,7-10H. The average molecular weight is 287 g/mol. The van der Waals surface area contributed by atoms with Crippen molar-refractivity contribution >= 4 is 17.2 Å². The summed E-state index contributed by atoms with van der Waals surface area (Å²) >= 11 is 5.75. The first-order valence-electron chi connectivity index (χ1n) is 6.05. The number of allylic oxidation sites excluding steroid dienone is 2. The van der Waals surface area contributed by atoms with Crippen LogP contribution in [0.5, 0.6) is 0 Å². The quantitative estimate of drug-likeness (QED) is 0.661. The highest BCUT2D eigenvalue weighted by Gasteiger charge is 2.56. The van der Waals surface area contributed by atoms with Crippen molar-refractivity contribution in [2.75, 3.05) is 0 Å². The van der Waals surface area contributed by atoms with Gasteiger partial charge in [-0.2, -0.15) is 8.78 Å². The van der Waals surface area contributed by atoms with E-state index in [0.717, 1.165) is 5.56 Å². The normalized spacial score (nSPS) is 15.6. The first-order chi connectivity index (χ1) is 9.59. The largest absolute Gasteiger partial charge is 0.308 e. The molecule has 0 saturated heterocycles. The lowest BCUT2D eigenvalue weighted by Crippen LogP contribution is -1.96. The lowest BCUT2D eigenvalue weighted by Gasteiger charge is -1.97. The third-order valence-corrected chi connectivity index (χ3v) is 3.31. The van der Waals surface area contributed by atoms with Gasteiger partial charge in [0.25, 0.3) is 0 Å². The molecule has 0 fully saturated rings. The fourth-order valence-corrected chi connectivity index (χ4v) is 2.10. The zero-order valence-corrected chi connectivity index (χ0v) is 11.1. The summed E-state index contributed by atoms with van der Waals surface area (Å²) < 4.78 is 27.5. The molecule has 0 radical (unpaired) electrons. The highest BCUT2D eigenvalue weighted by molar-refractivity contribution is 6.30. The van der Waals surface area contributed by atoms with E-state index >= 15 is 0 Å². The van der Waals surface area contributed by atoms with Crippen molar-refractivity contribution in [3.8, 4) is 11.8 Å². The zero-order valence-electron chi connectivity index (χ0n) is 10.3. The SMILES string of the molecule is FC1(F)C(C#Cc2ccccc2)=C1c1ccc(Cl)cc1. The maximum absolute atomic E-state index is 13.7. The maximum atomic E-state index is 13.7. The number of rotatable bonds is 1. The minimum atomic E-state index is -2.92. The van der Waals surface area contributed by atoms with Crippen molar-refractivity contribution in [2.45, 2.75) is 5.92 Å². The topological polar surface area (TPSA) is 0 Å². The summed E-state index contributed by atoms with van der Waals surface area (Å²) in [5.74, 6) is 2.41. The first-order valence-corrected chi connectivity index (χ1v) is 6.43. The zero-order chi connectivity index (χ0) is 14.2. The van der Waals surface area contributed by atoms with Gasteiger partial charge in [-0.05, 0) is 29.8 Å². The molecule has 0 aromatic heterocycles. The number of halogens is 3. The van der Waals surface area contributed by atoms with Crippen LogP contribution in [0.3, 0.4) is 0 Å². The molecule has 0 N–H and O–H groups in total. The second-order valence-corrected chi connectivity index (χ2v) is 4.88. The van der Waals surface area contributed by atoms with E-state index in [4.69, 9.17) is 11.6 Å². The molecule has 2 aromatic rings. The Balaban J connectivity index is 1.93. The third kappa shape index (κ3) is 2.33. The molecular formula is C17H9ClF2. The molecule has 0 bridgehead atoms. The van der Waals surface area contributed by atoms with Gasteiger partial charge in [0.2, 0.25) is 0 Å². The van der Waals surface area contributed by atoms with E-state index in [0.29, 0.717) is 10.6 Å². The minimum absolute atomic E-state index is 0.00222. The van der Waals surface area contributed by atoms with Crippen LogP contribution in [-0.4, -0.2) is 5.92 Å². The second-order valence-electron chi connectivity index (χ2n) is 4.45. The molecule has 98 valence electrons. The predicted octanol–water partition coefficient (Wildman–Crippen LogP) is 4.79. The molecule has 0 aliphatic heterocycles. The van der Waals surface area contributed by atoms with Gasteiger partial charge in [-0.1, -0.05) is 53.8 Å². The Morgan fingerprint density at radius 2 is 1.50 bits per heavy atom. The van der Waals surface area contributed by atoms with Gasteiger partial charge in [0.1, 0.15) is 0 Å². The van der Waals surface area contributed by atoms with Crippen LogP contribution >= 0.6 is 11.6 Å². The van der Waals surface area contributed by atoms with E-state index in [2.05, 4.69) is 11.8 Å². The van der Waals surface area contributed by atoms with E-state index in [-0.39, 0.29) is 11.1 Å². The molecule has 1 aliphatic rings. The van der Waals surface area contributed by atoms with Crippen LogP contribution in [0.1, 0.15) is 11.1 Å². The highest BCUT2D eigenvalue weighted by Crippen LogP contribution is 2.54. The predicted molar refractivity (Wildman–Crippen MR) is 76.6 cm³/mol. The van der Waals surface area contributed by atoms with Gasteiger partial charge in [-0.25, -0.2) is 0 Å². The molecule has 0 spiro atoms. The molecule has 0 heterocycles. The second kappa shape index (κ2) is 4.77. The van der Waals surface area contributed by atoms with E-state index in [1.807, 2.05) is 18.2 Å². The molecular weight excluding hydrogens is 278 g/mol. The van der Waals surface area contributed by atoms with Crippen LogP contribution < -0.4 is 0 Å². The van der Waals surface area contributed by atoms with Crippen molar-refractivity contribution in [3.05, 3.63) is 76.3 Å². The summed E-state index contributed by atoms with van der Waals surface area (Å²) in [5, 5.41) is 0.523. The molecule has 2 aromatic carbocycles. The maximum Gasteiger partial charge on any atom is 0.308 e. The summed E-state index contributed by atoms with van der Waals surface area (Å²) in [6, 6.07) is 15.4. The first kappa shape index (κ1) is 12.9. The molecule has 3 rings (SSSR count). The number of benzene rings is 2. The van der Waals surface area contributed by atoms with Crippen LogP contribution in [0.4, 0.5) is 8.78 Å². The van der Waals surface area contributed by atoms with Gasteiger partial charge >= 0.3 is 5.92 Å². The van der Waals surface area contributed by atoms with E-state index in [1.165, 1.54) is 0 Å². The Bertz CT molecular complexity index is 732. The monoisotopic (exact) mass is 286 g/mol. The van der Waals surface area contributed by atoms with Crippen molar-refractivity contribution in [2.24, 2.45) is 0 Å². The molecule has 0 atom stereocenters. The molecule has 1 aliphatic carbocycles. The Morgan fingerprint density at radius 3 is 2.15 bits per heavy atom. The highest BCUT2D eigenvalue weighted by atomic mass is 35.5. The summed E-state index contributed by atoms with van der Waals surface area (Å²) in [6.07, 6.45) is 0. The summed E-state index contributed by atoms with van der Waals surface area (Å²) in [4.78, 5) is 0. The Labute approximate surface area is 120 Å². The smallest absolute Gasteiger partial charge is 0.195 e. The average Bonchev–Trinajstić information content (AvgIpc) is 3.00. The van der Waals surface area contributed by atoms with Crippen molar-refractivity contribution in [1.29, 1.82) is 0 Å². The van der Waals surface area contributed by atoms with Gasteiger partial charge in [0.15, 0.2) is 0 Å². The summed E-state index contributed by atoms with van der Waals surface area (Å²) in [7, 11) is 0. The van der Waals surface area contributed by atoms with Crippen LogP contribution in [0, 0.1) is 11.8 Å². The fraction of sp³-hybridized carbons (Fsp3) is 0.0588. The molecule has 0 saturated carbocycles. The van der Waals surface area contributed by atoms with Crippen LogP contribution in [-0.2, 0) is 0 Å². The summed E-state index contributed by atoms with van der Waals surface area (Å²) in [6.45, 7) is 0. The van der Waals surface area contributed by atoms with Crippen LogP contribution in [0.2, 0.25) is 5.02 Å². The molecule has 0 unspecified atom stereocenters. The Hall–Kier alpha value is -2.11. The molecule has 0 nitrogen and oxygen atoms in total. The van der Waals surface area contributed by atoms with Gasteiger partial charge in [0.05, 0.1) is 11.1 Å². The lowest BCUT2D eigenvalue weighted by atomic mass is 10.2. The van der Waals surface area contributed by atoms with Crippen LogP contribution in [0.25, 0.3) is 5.57 Å². The van der Waals surface area contributed by atoms with E-state index in [9.17, 15) is 8.78 Å². The Morgan fingerprint density at radius 1 is 0.850 bits per heavy atom. The van der Waals surface area contributed by atoms with Gasteiger partial charge < -0.3 is 0 Å². The minimum Gasteiger partial charge on any atom is -0.195 e. The Kier molecular flexibility index (Phi) is 3.08. The number of alkyl halides is 2. The van der Waals surface area contributed by atoms with Crippen molar-refractivity contribution < 1.29 is 8.78 Å². The summed E-state index contributed by atoms with van der Waals surface area (Å²) in [5.41, 5.74) is 1.08. The van der Waals surface area contributed by atoms with E-state index < -0.39 is 5.92 Å². The van der Waals surface area contributed by atoms with Gasteiger partial charge in [-0.3, -0.25) is 0 Å². The third-order valence-electron chi connectivity index (χ3n) is 3.05. The van der Waals surface area contributed by atoms with Crippen molar-refractivity contribution in [1.82, 2.24) is 0 Å². The molecule has 20 heavy (non-hydrogen) atoms. The number of hydrogen-bond donors (Lipinski definition) is 0. The fourth-order valence-electron chi connectivity index (χ4n) is 1.97. The molecule has 0 amide bonds. The van der Waals surface area contributed by atoms with Crippen molar-refractivity contribution in [3.63, 3.8) is 0 Å². The van der Waals surface area contributed by atoms with Gasteiger partial charge in [-0.15, -0.1) is 0 Å². The van der Waals surface area contributed by atoms with Crippen LogP contribution in [0.15, 0.2) is 60.2 Å². The van der Waals surface area contributed by atoms with Gasteiger partial charge in [0, 0.05) is 10.6 Å². The molecule has 3 heteroatoms. The number of hydrogen-bond acceptors (Lipinski definition) is 0. The lowest BCUT2D eigenvalue weighted by molar-refractivity contribution is 0.153. The van der Waals surface area contributed by atoms with E-state index in [1.54, 1.807) is 36.4 Å².